The van der Waals surface area contributed by atoms with Gasteiger partial charge in [-0.15, -0.1) is 0 Å². The molecule has 1 aromatic heterocycles. The molecule has 1 aliphatic heterocycles. The second-order valence-corrected chi connectivity index (χ2v) is 5.98. The van der Waals surface area contributed by atoms with E-state index in [1.807, 2.05) is 12.3 Å². The van der Waals surface area contributed by atoms with E-state index in [4.69, 9.17) is 0 Å². The molecule has 1 fully saturated rings. The minimum atomic E-state index is -0.0718. The van der Waals surface area contributed by atoms with Crippen molar-refractivity contribution < 1.29 is 5.11 Å². The molecule has 0 spiro atoms. The van der Waals surface area contributed by atoms with Gasteiger partial charge >= 0.3 is 0 Å². The number of pyridine rings is 1. The first kappa shape index (κ1) is 16.4. The molecule has 1 unspecified atom stereocenters. The van der Waals surface area contributed by atoms with Crippen LogP contribution in [0.1, 0.15) is 50.8 Å². The number of aliphatic hydroxyl groups excluding tert-OH is 1. The molecule has 0 radical (unpaired) electrons. The van der Waals surface area contributed by atoms with Gasteiger partial charge in [0.05, 0.1) is 11.8 Å². The Kier molecular flexibility index (Phi) is 7.13. The lowest BCUT2D eigenvalue weighted by molar-refractivity contribution is 0.0820. The summed E-state index contributed by atoms with van der Waals surface area (Å²) in [6.07, 6.45) is 7.12. The molecule has 118 valence electrons. The summed E-state index contributed by atoms with van der Waals surface area (Å²) in [5.74, 6) is 0. The number of aromatic nitrogens is 1. The van der Waals surface area contributed by atoms with Crippen LogP contribution in [0.2, 0.25) is 0 Å². The van der Waals surface area contributed by atoms with Crippen LogP contribution < -0.4 is 5.32 Å². The number of hydrogen-bond acceptors (Lipinski definition) is 4. The van der Waals surface area contributed by atoms with Gasteiger partial charge in [0.15, 0.2) is 0 Å². The molecular weight excluding hydrogens is 262 g/mol. The molecule has 2 heterocycles. The highest BCUT2D eigenvalue weighted by molar-refractivity contribution is 5.08. The molecule has 21 heavy (non-hydrogen) atoms. The van der Waals surface area contributed by atoms with Gasteiger partial charge in [0, 0.05) is 25.3 Å². The number of nitrogens with one attached hydrogen (secondary N) is 1. The zero-order valence-corrected chi connectivity index (χ0v) is 13.2. The summed E-state index contributed by atoms with van der Waals surface area (Å²) in [6, 6.07) is 6.52. The fourth-order valence-electron chi connectivity index (χ4n) is 2.95. The average Bonchev–Trinajstić information content (AvgIpc) is 2.53. The third kappa shape index (κ3) is 5.73. The van der Waals surface area contributed by atoms with Crippen LogP contribution in [0.25, 0.3) is 0 Å². The Hall–Kier alpha value is -0.970. The first-order valence-electron chi connectivity index (χ1n) is 8.34. The molecule has 2 rings (SSSR count). The molecule has 0 amide bonds. The van der Waals surface area contributed by atoms with Crippen LogP contribution in [0.4, 0.5) is 0 Å². The van der Waals surface area contributed by atoms with Crippen molar-refractivity contribution in [1.82, 2.24) is 15.2 Å². The third-order valence-corrected chi connectivity index (χ3v) is 4.22. The molecule has 0 bridgehead atoms. The third-order valence-electron chi connectivity index (χ3n) is 4.22. The van der Waals surface area contributed by atoms with Crippen LogP contribution in [-0.4, -0.2) is 47.3 Å². The van der Waals surface area contributed by atoms with Gasteiger partial charge in [-0.3, -0.25) is 4.98 Å². The molecule has 4 nitrogen and oxygen atoms in total. The van der Waals surface area contributed by atoms with E-state index < -0.39 is 0 Å². The second-order valence-electron chi connectivity index (χ2n) is 5.98. The minimum Gasteiger partial charge on any atom is -0.393 e. The predicted molar refractivity (Wildman–Crippen MR) is 86.2 cm³/mol. The number of likely N-dealkylation sites (tertiary alicyclic amines) is 1. The maximum atomic E-state index is 9.51. The summed E-state index contributed by atoms with van der Waals surface area (Å²) >= 11 is 0. The Morgan fingerprint density at radius 3 is 2.86 bits per heavy atom. The van der Waals surface area contributed by atoms with Gasteiger partial charge in [0.2, 0.25) is 0 Å². The lowest BCUT2D eigenvalue weighted by atomic mass is 10.1. The first-order valence-corrected chi connectivity index (χ1v) is 8.34. The van der Waals surface area contributed by atoms with Crippen molar-refractivity contribution >= 4 is 0 Å². The molecule has 0 aliphatic carbocycles. The minimum absolute atomic E-state index is 0.0718. The number of hydrogen-bond donors (Lipinski definition) is 2. The Morgan fingerprint density at radius 1 is 1.38 bits per heavy atom. The lowest BCUT2D eigenvalue weighted by Crippen LogP contribution is -2.37. The van der Waals surface area contributed by atoms with Gasteiger partial charge in [0.1, 0.15) is 0 Å². The molecular formula is C17H29N3O. The largest absolute Gasteiger partial charge is 0.393 e. The summed E-state index contributed by atoms with van der Waals surface area (Å²) in [5.41, 5.74) is 1.15. The van der Waals surface area contributed by atoms with E-state index >= 15 is 0 Å². The molecule has 0 aromatic carbocycles. The summed E-state index contributed by atoms with van der Waals surface area (Å²) in [5, 5.41) is 13.2. The van der Waals surface area contributed by atoms with Crippen molar-refractivity contribution in [2.45, 2.75) is 51.2 Å². The summed E-state index contributed by atoms with van der Waals surface area (Å²) < 4.78 is 0. The maximum absolute atomic E-state index is 9.51. The lowest BCUT2D eigenvalue weighted by Gasteiger charge is -2.29. The van der Waals surface area contributed by atoms with Crippen LogP contribution >= 0.6 is 0 Å². The van der Waals surface area contributed by atoms with E-state index in [-0.39, 0.29) is 6.10 Å². The zero-order valence-electron chi connectivity index (χ0n) is 13.2. The maximum Gasteiger partial charge on any atom is 0.0573 e. The highest BCUT2D eigenvalue weighted by atomic mass is 16.3. The van der Waals surface area contributed by atoms with Crippen LogP contribution in [0.15, 0.2) is 24.4 Å². The molecule has 4 heteroatoms. The average molecular weight is 291 g/mol. The van der Waals surface area contributed by atoms with Crippen LogP contribution in [0.3, 0.4) is 0 Å². The first-order chi connectivity index (χ1) is 10.3. The summed E-state index contributed by atoms with van der Waals surface area (Å²) in [7, 11) is 0. The van der Waals surface area contributed by atoms with Crippen molar-refractivity contribution in [2.24, 2.45) is 0 Å². The van der Waals surface area contributed by atoms with E-state index in [2.05, 4.69) is 34.3 Å². The van der Waals surface area contributed by atoms with Crippen LogP contribution in [0.5, 0.6) is 0 Å². The Bertz CT molecular complexity index is 377. The van der Waals surface area contributed by atoms with Crippen molar-refractivity contribution in [1.29, 1.82) is 0 Å². The predicted octanol–water partition coefficient (Wildman–Crippen LogP) is 2.36. The van der Waals surface area contributed by atoms with Crippen molar-refractivity contribution in [3.8, 4) is 0 Å². The molecule has 1 aromatic rings. The van der Waals surface area contributed by atoms with E-state index in [0.29, 0.717) is 6.04 Å². The Morgan fingerprint density at radius 2 is 2.19 bits per heavy atom. The van der Waals surface area contributed by atoms with Crippen LogP contribution in [0, 0.1) is 0 Å². The van der Waals surface area contributed by atoms with Gasteiger partial charge in [-0.25, -0.2) is 0 Å². The Labute approximate surface area is 128 Å². The standard InChI is InChI=1S/C17H29N3O/c1-2-6-16(17-7-3-4-10-18-17)19-11-5-12-20-13-8-15(21)9-14-20/h3-4,7,10,15-16,19,21H,2,5-6,8-9,11-14H2,1H3. The van der Waals surface area contributed by atoms with Gasteiger partial charge in [0.25, 0.3) is 0 Å². The zero-order chi connectivity index (χ0) is 14.9. The normalized spacial score (nSPS) is 18.8. The highest BCUT2D eigenvalue weighted by Gasteiger charge is 2.16. The van der Waals surface area contributed by atoms with Gasteiger partial charge in [-0.05, 0) is 50.9 Å². The molecule has 1 saturated heterocycles. The van der Waals surface area contributed by atoms with Gasteiger partial charge in [-0.2, -0.15) is 0 Å². The van der Waals surface area contributed by atoms with Crippen molar-refractivity contribution in [3.05, 3.63) is 30.1 Å². The fourth-order valence-corrected chi connectivity index (χ4v) is 2.95. The summed E-state index contributed by atoms with van der Waals surface area (Å²) in [4.78, 5) is 6.94. The topological polar surface area (TPSA) is 48.4 Å². The molecule has 0 saturated carbocycles. The van der Waals surface area contributed by atoms with E-state index in [1.165, 1.54) is 0 Å². The fraction of sp³-hybridized carbons (Fsp3) is 0.706. The summed E-state index contributed by atoms with van der Waals surface area (Å²) in [6.45, 7) is 6.46. The van der Waals surface area contributed by atoms with Crippen molar-refractivity contribution in [3.63, 3.8) is 0 Å². The number of aliphatic hydroxyl groups is 1. The SMILES string of the molecule is CCCC(NCCCN1CCC(O)CC1)c1ccccn1. The molecule has 1 atom stereocenters. The molecule has 1 aliphatic rings. The quantitative estimate of drug-likeness (QED) is 0.722. The van der Waals surface area contributed by atoms with Crippen molar-refractivity contribution in [2.75, 3.05) is 26.2 Å². The number of rotatable bonds is 8. The molecule has 2 N–H and O–H groups in total. The highest BCUT2D eigenvalue weighted by Crippen LogP contribution is 2.16. The monoisotopic (exact) mass is 291 g/mol. The number of nitrogens with zero attached hydrogens (tertiary/aromatic N) is 2. The van der Waals surface area contributed by atoms with Crippen LogP contribution in [-0.2, 0) is 0 Å². The second kappa shape index (κ2) is 9.13. The van der Waals surface area contributed by atoms with E-state index in [9.17, 15) is 5.11 Å². The smallest absolute Gasteiger partial charge is 0.0573 e. The Balaban J connectivity index is 1.68. The van der Waals surface area contributed by atoms with Gasteiger partial charge < -0.3 is 15.3 Å². The number of piperidine rings is 1. The van der Waals surface area contributed by atoms with E-state index in [1.54, 1.807) is 0 Å². The van der Waals surface area contributed by atoms with E-state index in [0.717, 1.165) is 64.0 Å². The van der Waals surface area contributed by atoms with Gasteiger partial charge in [-0.1, -0.05) is 19.4 Å².